The molecule has 8 aromatic rings. The van der Waals surface area contributed by atoms with Crippen LogP contribution in [0.1, 0.15) is 0 Å². The first-order valence-corrected chi connectivity index (χ1v) is 12.8. The van der Waals surface area contributed by atoms with Gasteiger partial charge >= 0.3 is 0 Å². The van der Waals surface area contributed by atoms with Gasteiger partial charge in [-0.25, -0.2) is 4.98 Å². The van der Waals surface area contributed by atoms with Gasteiger partial charge in [0.1, 0.15) is 16.7 Å². The molecule has 3 nitrogen and oxygen atoms in total. The van der Waals surface area contributed by atoms with E-state index in [9.17, 15) is 0 Å². The van der Waals surface area contributed by atoms with E-state index in [0.717, 1.165) is 49.7 Å². The van der Waals surface area contributed by atoms with Crippen molar-refractivity contribution in [1.29, 1.82) is 0 Å². The molecule has 2 aromatic heterocycles. The van der Waals surface area contributed by atoms with Crippen LogP contribution in [0, 0.1) is 0 Å². The predicted octanol–water partition coefficient (Wildman–Crippen LogP) is 9.86. The maximum absolute atomic E-state index is 6.35. The van der Waals surface area contributed by atoms with Crippen LogP contribution >= 0.6 is 0 Å². The quantitative estimate of drug-likeness (QED) is 0.245. The van der Waals surface area contributed by atoms with Gasteiger partial charge in [0.05, 0.1) is 0 Å². The van der Waals surface area contributed by atoms with Crippen molar-refractivity contribution in [3.8, 4) is 44.8 Å². The van der Waals surface area contributed by atoms with Crippen molar-refractivity contribution in [1.82, 2.24) is 4.98 Å². The monoisotopic (exact) mass is 485 g/mol. The molecule has 0 fully saturated rings. The molecular weight excluding hydrogens is 466 g/mol. The van der Waals surface area contributed by atoms with Gasteiger partial charge < -0.3 is 8.83 Å². The SMILES string of the molecule is c1ccc(-c2nc3ccc(-c4ccc5c(c4)-c4cc6c7ccccc7oc6c6cccc-5c46)cc3o2)cc1. The highest BCUT2D eigenvalue weighted by molar-refractivity contribution is 6.26. The minimum Gasteiger partial charge on any atom is -0.455 e. The molecule has 2 heterocycles. The van der Waals surface area contributed by atoms with Crippen molar-refractivity contribution in [2.24, 2.45) is 0 Å². The van der Waals surface area contributed by atoms with Gasteiger partial charge in [-0.2, -0.15) is 0 Å². The Balaban J connectivity index is 1.24. The summed E-state index contributed by atoms with van der Waals surface area (Å²) < 4.78 is 12.5. The van der Waals surface area contributed by atoms with Gasteiger partial charge in [0.25, 0.3) is 0 Å². The number of aromatic nitrogens is 1. The average molecular weight is 486 g/mol. The van der Waals surface area contributed by atoms with Crippen LogP contribution in [0.15, 0.2) is 124 Å². The maximum atomic E-state index is 6.35. The van der Waals surface area contributed by atoms with Gasteiger partial charge in [-0.3, -0.25) is 0 Å². The van der Waals surface area contributed by atoms with E-state index in [-0.39, 0.29) is 0 Å². The van der Waals surface area contributed by atoms with Crippen molar-refractivity contribution < 1.29 is 8.83 Å². The van der Waals surface area contributed by atoms with Crippen LogP contribution in [0.2, 0.25) is 0 Å². The number of furan rings is 1. The fourth-order valence-corrected chi connectivity index (χ4v) is 6.08. The fourth-order valence-electron chi connectivity index (χ4n) is 6.08. The van der Waals surface area contributed by atoms with Gasteiger partial charge in [0.15, 0.2) is 5.58 Å². The highest BCUT2D eigenvalue weighted by Crippen LogP contribution is 2.51. The van der Waals surface area contributed by atoms with Gasteiger partial charge in [-0.15, -0.1) is 0 Å². The summed E-state index contributed by atoms with van der Waals surface area (Å²) >= 11 is 0. The molecule has 9 rings (SSSR count). The van der Waals surface area contributed by atoms with Gasteiger partial charge in [0, 0.05) is 27.1 Å². The number of hydrogen-bond donors (Lipinski definition) is 0. The molecule has 0 bridgehead atoms. The van der Waals surface area contributed by atoms with Crippen molar-refractivity contribution in [2.75, 3.05) is 0 Å². The third kappa shape index (κ3) is 2.65. The van der Waals surface area contributed by atoms with Gasteiger partial charge in [-0.1, -0.05) is 72.8 Å². The lowest BCUT2D eigenvalue weighted by Gasteiger charge is -2.07. The highest BCUT2D eigenvalue weighted by Gasteiger charge is 2.25. The molecule has 0 saturated heterocycles. The highest BCUT2D eigenvalue weighted by atomic mass is 16.3. The summed E-state index contributed by atoms with van der Waals surface area (Å²) in [4.78, 5) is 4.70. The average Bonchev–Trinajstić information content (AvgIpc) is 3.66. The molecule has 0 atom stereocenters. The van der Waals surface area contributed by atoms with Crippen LogP contribution in [-0.4, -0.2) is 4.98 Å². The van der Waals surface area contributed by atoms with E-state index in [0.29, 0.717) is 5.89 Å². The van der Waals surface area contributed by atoms with Crippen LogP contribution in [0.4, 0.5) is 0 Å². The Morgan fingerprint density at radius 2 is 1.26 bits per heavy atom. The van der Waals surface area contributed by atoms with E-state index >= 15 is 0 Å². The van der Waals surface area contributed by atoms with Crippen molar-refractivity contribution in [3.63, 3.8) is 0 Å². The zero-order valence-corrected chi connectivity index (χ0v) is 20.2. The van der Waals surface area contributed by atoms with Crippen LogP contribution in [0.25, 0.3) is 88.6 Å². The molecular formula is C35H19NO2. The van der Waals surface area contributed by atoms with Crippen molar-refractivity contribution in [3.05, 3.63) is 115 Å². The zero-order chi connectivity index (χ0) is 24.8. The van der Waals surface area contributed by atoms with Crippen LogP contribution in [-0.2, 0) is 0 Å². The zero-order valence-electron chi connectivity index (χ0n) is 20.2. The molecule has 38 heavy (non-hydrogen) atoms. The van der Waals surface area contributed by atoms with E-state index in [1.165, 1.54) is 33.0 Å². The van der Waals surface area contributed by atoms with E-state index in [2.05, 4.69) is 66.7 Å². The van der Waals surface area contributed by atoms with Gasteiger partial charge in [-0.05, 0) is 75.8 Å². The van der Waals surface area contributed by atoms with E-state index in [1.807, 2.05) is 48.5 Å². The molecule has 0 unspecified atom stereocenters. The molecule has 1 aliphatic carbocycles. The molecule has 0 amide bonds. The van der Waals surface area contributed by atoms with E-state index in [4.69, 9.17) is 13.8 Å². The second-order valence-electron chi connectivity index (χ2n) is 9.96. The summed E-state index contributed by atoms with van der Waals surface area (Å²) in [6, 6.07) is 40.2. The van der Waals surface area contributed by atoms with Crippen LogP contribution < -0.4 is 0 Å². The summed E-state index contributed by atoms with van der Waals surface area (Å²) in [5, 5.41) is 4.75. The summed E-state index contributed by atoms with van der Waals surface area (Å²) in [6.07, 6.45) is 0. The van der Waals surface area contributed by atoms with Gasteiger partial charge in [0.2, 0.25) is 5.89 Å². The maximum Gasteiger partial charge on any atom is 0.227 e. The Morgan fingerprint density at radius 3 is 2.21 bits per heavy atom. The van der Waals surface area contributed by atoms with Crippen molar-refractivity contribution in [2.45, 2.75) is 0 Å². The predicted molar refractivity (Wildman–Crippen MR) is 154 cm³/mol. The third-order valence-corrected chi connectivity index (χ3v) is 7.84. The first-order chi connectivity index (χ1) is 18.8. The number of benzene rings is 6. The van der Waals surface area contributed by atoms with E-state index in [1.54, 1.807) is 0 Å². The molecule has 0 aliphatic heterocycles. The Labute approximate surface area is 217 Å². The minimum atomic E-state index is 0.644. The molecule has 0 radical (unpaired) electrons. The largest absolute Gasteiger partial charge is 0.455 e. The summed E-state index contributed by atoms with van der Waals surface area (Å²) in [5.74, 6) is 0.644. The minimum absolute atomic E-state index is 0.644. The van der Waals surface area contributed by atoms with E-state index < -0.39 is 0 Å². The van der Waals surface area contributed by atoms with Crippen LogP contribution in [0.5, 0.6) is 0 Å². The number of para-hydroxylation sites is 1. The molecule has 176 valence electrons. The molecule has 1 aliphatic rings. The normalized spacial score (nSPS) is 12.2. The molecule has 6 aromatic carbocycles. The summed E-state index contributed by atoms with van der Waals surface area (Å²) in [5.41, 5.74) is 11.8. The lowest BCUT2D eigenvalue weighted by molar-refractivity contribution is 0.620. The summed E-state index contributed by atoms with van der Waals surface area (Å²) in [7, 11) is 0. The second-order valence-corrected chi connectivity index (χ2v) is 9.96. The Bertz CT molecular complexity index is 2230. The first-order valence-electron chi connectivity index (χ1n) is 12.8. The molecule has 3 heteroatoms. The molecule has 0 N–H and O–H groups in total. The number of oxazole rings is 1. The first kappa shape index (κ1) is 20.0. The molecule has 0 saturated carbocycles. The number of rotatable bonds is 2. The third-order valence-electron chi connectivity index (χ3n) is 7.84. The molecule has 0 spiro atoms. The second kappa shape index (κ2) is 7.21. The lowest BCUT2D eigenvalue weighted by Crippen LogP contribution is -1.82. The Morgan fingerprint density at radius 1 is 0.447 bits per heavy atom. The number of fused-ring (bicyclic) bond motifs is 8. The fraction of sp³-hybridized carbons (Fsp3) is 0. The summed E-state index contributed by atoms with van der Waals surface area (Å²) in [6.45, 7) is 0. The Hall–Kier alpha value is -5.15. The van der Waals surface area contributed by atoms with Crippen molar-refractivity contribution >= 4 is 43.8 Å². The Kier molecular flexibility index (Phi) is 3.79. The smallest absolute Gasteiger partial charge is 0.227 e. The lowest BCUT2D eigenvalue weighted by atomic mass is 9.96. The topological polar surface area (TPSA) is 39.2 Å². The standard InChI is InChI=1S/C35H19NO2/c1-2-7-20(8-3-1)35-36-30-16-14-22(18-32(30)38-35)21-13-15-23-25-10-6-11-26-33(25)28(27(23)17-21)19-29-24-9-4-5-12-31(24)37-34(26)29/h1-19H. The number of nitrogens with zero attached hydrogens (tertiary/aromatic N) is 1. The van der Waals surface area contributed by atoms with Crippen LogP contribution in [0.3, 0.4) is 0 Å². The number of hydrogen-bond acceptors (Lipinski definition) is 3.